The van der Waals surface area contributed by atoms with Gasteiger partial charge in [-0.1, -0.05) is 18.9 Å². The summed E-state index contributed by atoms with van der Waals surface area (Å²) in [5.41, 5.74) is 8.73. The minimum Gasteiger partial charge on any atom is -0.369 e. The number of hydrogen-bond acceptors (Lipinski definition) is 6. The van der Waals surface area contributed by atoms with E-state index in [1.807, 2.05) is 41.8 Å². The Labute approximate surface area is 253 Å². The van der Waals surface area contributed by atoms with Gasteiger partial charge in [-0.2, -0.15) is 5.10 Å². The Hall–Kier alpha value is -4.64. The molecule has 3 aromatic heterocycles. The normalized spacial score (nSPS) is 13.5. The van der Waals surface area contributed by atoms with Crippen molar-refractivity contribution in [2.45, 2.75) is 20.3 Å². The molecule has 0 spiro atoms. The van der Waals surface area contributed by atoms with Crippen molar-refractivity contribution in [2.24, 2.45) is 0 Å². The summed E-state index contributed by atoms with van der Waals surface area (Å²) in [4.78, 5) is 22.9. The SMILES string of the molecule is CCc1cc(NC(=O)c2cc(C#Cc3cnc4c(Nc5cn[nH]c5)cccn34)c(C)cc2P)cc(N2CCN(C)CC2)c1. The molecule has 9 nitrogen and oxygen atoms in total. The molecular formula is C33H35N8OP. The van der Waals surface area contributed by atoms with Crippen molar-refractivity contribution in [2.75, 3.05) is 48.8 Å². The Morgan fingerprint density at radius 1 is 1.07 bits per heavy atom. The van der Waals surface area contributed by atoms with Crippen LogP contribution in [0.5, 0.6) is 0 Å². The molecule has 5 aromatic rings. The van der Waals surface area contributed by atoms with Gasteiger partial charge in [0.15, 0.2) is 5.65 Å². The van der Waals surface area contributed by atoms with Crippen molar-refractivity contribution >= 4 is 48.8 Å². The van der Waals surface area contributed by atoms with Gasteiger partial charge in [0.05, 0.1) is 23.8 Å². The van der Waals surface area contributed by atoms with Crippen LogP contribution in [-0.4, -0.2) is 63.6 Å². The van der Waals surface area contributed by atoms with Crippen LogP contribution in [0.4, 0.5) is 22.7 Å². The molecule has 218 valence electrons. The molecule has 0 bridgehead atoms. The number of nitrogens with zero attached hydrogens (tertiary/aromatic N) is 5. The summed E-state index contributed by atoms with van der Waals surface area (Å²) in [6.07, 6.45) is 8.09. The van der Waals surface area contributed by atoms with Crippen molar-refractivity contribution in [1.29, 1.82) is 0 Å². The van der Waals surface area contributed by atoms with Gasteiger partial charge in [-0.05, 0) is 79.1 Å². The summed E-state index contributed by atoms with van der Waals surface area (Å²) in [5, 5.41) is 14.1. The molecular weight excluding hydrogens is 555 g/mol. The smallest absolute Gasteiger partial charge is 0.256 e. The molecule has 2 aromatic carbocycles. The first kappa shape index (κ1) is 28.5. The molecule has 1 aliphatic heterocycles. The lowest BCUT2D eigenvalue weighted by molar-refractivity contribution is 0.102. The molecule has 10 heteroatoms. The summed E-state index contributed by atoms with van der Waals surface area (Å²) in [6, 6.07) is 14.2. The van der Waals surface area contributed by atoms with Crippen LogP contribution in [0.25, 0.3) is 5.65 Å². The quantitative estimate of drug-likeness (QED) is 0.198. The predicted octanol–water partition coefficient (Wildman–Crippen LogP) is 4.58. The number of aromatic nitrogens is 4. The minimum absolute atomic E-state index is 0.157. The number of H-pyrrole nitrogens is 1. The van der Waals surface area contributed by atoms with E-state index in [0.29, 0.717) is 5.56 Å². The Bertz CT molecular complexity index is 1840. The molecule has 4 heterocycles. The van der Waals surface area contributed by atoms with Gasteiger partial charge < -0.3 is 20.4 Å². The van der Waals surface area contributed by atoms with Crippen LogP contribution in [0.1, 0.15) is 39.7 Å². The van der Waals surface area contributed by atoms with E-state index in [-0.39, 0.29) is 5.91 Å². The van der Waals surface area contributed by atoms with Gasteiger partial charge in [0.2, 0.25) is 0 Å². The third kappa shape index (κ3) is 6.26. The van der Waals surface area contributed by atoms with Crippen LogP contribution >= 0.6 is 9.24 Å². The number of nitrogens with one attached hydrogen (secondary N) is 3. The summed E-state index contributed by atoms with van der Waals surface area (Å²) in [6.45, 7) is 8.15. The minimum atomic E-state index is -0.157. The van der Waals surface area contributed by atoms with Crippen molar-refractivity contribution in [3.8, 4) is 11.8 Å². The van der Waals surface area contributed by atoms with Crippen LogP contribution in [0.2, 0.25) is 0 Å². The van der Waals surface area contributed by atoms with Gasteiger partial charge in [0.1, 0.15) is 5.69 Å². The maximum atomic E-state index is 13.6. The maximum absolute atomic E-state index is 13.6. The number of aromatic amines is 1. The largest absolute Gasteiger partial charge is 0.369 e. The van der Waals surface area contributed by atoms with E-state index in [1.165, 1.54) is 5.56 Å². The van der Waals surface area contributed by atoms with E-state index in [2.05, 4.69) is 88.9 Å². The summed E-state index contributed by atoms with van der Waals surface area (Å²) < 4.78 is 1.95. The lowest BCUT2D eigenvalue weighted by Crippen LogP contribution is -2.44. The number of rotatable bonds is 6. The number of pyridine rings is 1. The number of benzene rings is 2. The fourth-order valence-corrected chi connectivity index (χ4v) is 5.73. The van der Waals surface area contributed by atoms with Gasteiger partial charge in [-0.15, -0.1) is 9.24 Å². The van der Waals surface area contributed by atoms with Crippen LogP contribution < -0.4 is 20.8 Å². The fourth-order valence-electron chi connectivity index (χ4n) is 5.26. The number of fused-ring (bicyclic) bond motifs is 1. The molecule has 1 amide bonds. The van der Waals surface area contributed by atoms with E-state index in [9.17, 15) is 4.79 Å². The zero-order valence-electron chi connectivity index (χ0n) is 24.6. The van der Waals surface area contributed by atoms with Crippen molar-refractivity contribution in [3.63, 3.8) is 0 Å². The third-order valence-corrected chi connectivity index (χ3v) is 8.27. The highest BCUT2D eigenvalue weighted by atomic mass is 31.0. The molecule has 0 saturated carbocycles. The fraction of sp³-hybridized carbons (Fsp3) is 0.242. The third-order valence-electron chi connectivity index (χ3n) is 7.79. The van der Waals surface area contributed by atoms with Crippen LogP contribution in [0.15, 0.2) is 67.3 Å². The first-order valence-electron chi connectivity index (χ1n) is 14.4. The topological polar surface area (TPSA) is 93.6 Å². The number of hydrogen-bond donors (Lipinski definition) is 3. The van der Waals surface area contributed by atoms with Gasteiger partial charge in [-0.25, -0.2) is 4.98 Å². The average Bonchev–Trinajstić information content (AvgIpc) is 3.67. The molecule has 6 rings (SSSR count). The van der Waals surface area contributed by atoms with Crippen molar-refractivity contribution in [1.82, 2.24) is 24.5 Å². The predicted molar refractivity (Wildman–Crippen MR) is 177 cm³/mol. The second kappa shape index (κ2) is 12.3. The number of imidazole rings is 1. The van der Waals surface area contributed by atoms with Crippen molar-refractivity contribution < 1.29 is 4.79 Å². The number of carbonyl (C=O) groups excluding carboxylic acids is 1. The van der Waals surface area contributed by atoms with E-state index < -0.39 is 0 Å². The first-order valence-corrected chi connectivity index (χ1v) is 15.0. The molecule has 43 heavy (non-hydrogen) atoms. The molecule has 3 N–H and O–H groups in total. The number of anilines is 4. The highest BCUT2D eigenvalue weighted by Crippen LogP contribution is 2.25. The second-order valence-electron chi connectivity index (χ2n) is 10.9. The maximum Gasteiger partial charge on any atom is 0.256 e. The van der Waals surface area contributed by atoms with E-state index in [1.54, 1.807) is 18.6 Å². The Balaban J connectivity index is 1.25. The van der Waals surface area contributed by atoms with Crippen LogP contribution in [0.3, 0.4) is 0 Å². The molecule has 0 aliphatic carbocycles. The molecule has 0 radical (unpaired) electrons. The van der Waals surface area contributed by atoms with Gasteiger partial charge in [-0.3, -0.25) is 14.3 Å². The summed E-state index contributed by atoms with van der Waals surface area (Å²) in [7, 11) is 4.85. The summed E-state index contributed by atoms with van der Waals surface area (Å²) in [5.74, 6) is 6.39. The van der Waals surface area contributed by atoms with Gasteiger partial charge in [0.25, 0.3) is 5.91 Å². The van der Waals surface area contributed by atoms with Crippen LogP contribution in [0, 0.1) is 18.8 Å². The van der Waals surface area contributed by atoms with Gasteiger partial charge >= 0.3 is 0 Å². The number of amides is 1. The molecule has 1 aliphatic rings. The standard InChI is InChI=1S/C33H35N8OP/c1-4-23-15-25(18-28(16-23)40-12-10-39(3)11-13-40)38-33(42)29-17-24(22(2)14-31(29)43)7-8-27-21-34-32-30(6-5-9-41(27)32)37-26-19-35-36-20-26/h5-6,9,14-21,37H,4,10-13,43H2,1-3H3,(H,35,36)(H,38,42). The van der Waals surface area contributed by atoms with E-state index in [4.69, 9.17) is 0 Å². The zero-order chi connectivity index (χ0) is 29.9. The van der Waals surface area contributed by atoms with Crippen LogP contribution in [-0.2, 0) is 6.42 Å². The lowest BCUT2D eigenvalue weighted by atomic mass is 10.0. The van der Waals surface area contributed by atoms with E-state index >= 15 is 0 Å². The lowest BCUT2D eigenvalue weighted by Gasteiger charge is -2.34. The number of carbonyl (C=O) groups is 1. The van der Waals surface area contributed by atoms with E-state index in [0.717, 1.165) is 83.1 Å². The number of aryl methyl sites for hydroxylation is 2. The highest BCUT2D eigenvalue weighted by molar-refractivity contribution is 7.27. The molecule has 1 saturated heterocycles. The Kier molecular flexibility index (Phi) is 8.15. The first-order chi connectivity index (χ1) is 20.9. The zero-order valence-corrected chi connectivity index (χ0v) is 25.8. The number of piperazine rings is 1. The second-order valence-corrected chi connectivity index (χ2v) is 11.5. The monoisotopic (exact) mass is 590 g/mol. The average molecular weight is 591 g/mol. The van der Waals surface area contributed by atoms with Crippen molar-refractivity contribution in [3.05, 3.63) is 95.2 Å². The molecule has 1 fully saturated rings. The Morgan fingerprint density at radius 3 is 2.67 bits per heavy atom. The highest BCUT2D eigenvalue weighted by Gasteiger charge is 2.17. The molecule has 1 unspecified atom stereocenters. The van der Waals surface area contributed by atoms with Gasteiger partial charge in [0, 0.05) is 61.1 Å². The number of likely N-dealkylation sites (N-methyl/N-ethyl adjacent to an activating group) is 1. The molecule has 1 atom stereocenters. The Morgan fingerprint density at radius 2 is 1.91 bits per heavy atom. The summed E-state index contributed by atoms with van der Waals surface area (Å²) >= 11 is 0.